The smallest absolute Gasteiger partial charge is 0 e. The number of hydrogen-bond donors (Lipinski definition) is 0. The summed E-state index contributed by atoms with van der Waals surface area (Å²) in [7, 11) is 1.62. The van der Waals surface area contributed by atoms with Crippen molar-refractivity contribution in [2.75, 3.05) is 7.11 Å². The van der Waals surface area contributed by atoms with Gasteiger partial charge in [0, 0.05) is 98.1 Å². The molecular weight excluding hydrogens is 319 g/mol. The van der Waals surface area contributed by atoms with Crippen molar-refractivity contribution >= 4 is 0 Å². The van der Waals surface area contributed by atoms with Crippen molar-refractivity contribution in [2.45, 2.75) is 6.92 Å². The molecule has 0 spiro atoms. The van der Waals surface area contributed by atoms with Crippen LogP contribution in [-0.4, -0.2) is 7.11 Å². The maximum atomic E-state index is 4.42. The van der Waals surface area contributed by atoms with Gasteiger partial charge in [-0.05, 0) is 7.11 Å². The molecule has 0 aliphatic carbocycles. The summed E-state index contributed by atoms with van der Waals surface area (Å²) in [5, 5.41) is 0. The van der Waals surface area contributed by atoms with E-state index in [2.05, 4.69) is 4.74 Å². The minimum absolute atomic E-state index is 0. The van der Waals surface area contributed by atoms with E-state index < -0.39 is 0 Å². The van der Waals surface area contributed by atoms with E-state index in [-0.39, 0.29) is 98.1 Å². The molecule has 0 saturated carbocycles. The Morgan fingerprint density at radius 2 is 1.29 bits per heavy atom. The van der Waals surface area contributed by atoms with Crippen LogP contribution in [0.2, 0.25) is 0 Å². The first kappa shape index (κ1) is 22.4. The standard InChI is InChI=1S/C3H7O.3Y/c1-3-4-2;;;/h3H,1-2H3;;;/q-1;;;. The van der Waals surface area contributed by atoms with Gasteiger partial charge in [-0.2, -0.15) is 6.92 Å². The van der Waals surface area contributed by atoms with Crippen LogP contribution in [0.4, 0.5) is 0 Å². The van der Waals surface area contributed by atoms with Gasteiger partial charge in [0.2, 0.25) is 0 Å². The van der Waals surface area contributed by atoms with Gasteiger partial charge >= 0.3 is 0 Å². The van der Waals surface area contributed by atoms with Crippen LogP contribution in [0.3, 0.4) is 0 Å². The summed E-state index contributed by atoms with van der Waals surface area (Å²) in [6.45, 7) is 3.46. The van der Waals surface area contributed by atoms with Gasteiger partial charge in [-0.3, -0.25) is 0 Å². The zero-order valence-corrected chi connectivity index (χ0v) is 13.2. The molecule has 0 amide bonds. The molecule has 0 saturated heterocycles. The quantitative estimate of drug-likeness (QED) is 0.648. The van der Waals surface area contributed by atoms with Crippen LogP contribution in [0.5, 0.6) is 0 Å². The maximum absolute atomic E-state index is 4.42. The molecule has 0 aliphatic rings. The van der Waals surface area contributed by atoms with E-state index in [4.69, 9.17) is 0 Å². The fraction of sp³-hybridized carbons (Fsp3) is 0.667. The third kappa shape index (κ3) is 26.9. The van der Waals surface area contributed by atoms with Crippen molar-refractivity contribution in [2.24, 2.45) is 0 Å². The van der Waals surface area contributed by atoms with Crippen LogP contribution in [0.15, 0.2) is 0 Å². The molecule has 35 valence electrons. The van der Waals surface area contributed by atoms with Crippen LogP contribution < -0.4 is 0 Å². The van der Waals surface area contributed by atoms with Crippen LogP contribution in [0.25, 0.3) is 0 Å². The van der Waals surface area contributed by atoms with Crippen molar-refractivity contribution in [3.63, 3.8) is 0 Å². The number of hydrogen-bond acceptors (Lipinski definition) is 1. The van der Waals surface area contributed by atoms with E-state index in [1.807, 2.05) is 6.92 Å². The Labute approximate surface area is 121 Å². The van der Waals surface area contributed by atoms with Crippen molar-refractivity contribution < 1.29 is 103 Å². The second kappa shape index (κ2) is 22.8. The Morgan fingerprint density at radius 3 is 1.29 bits per heavy atom. The molecule has 0 aromatic carbocycles. The van der Waals surface area contributed by atoms with Crippen LogP contribution in [0.1, 0.15) is 6.92 Å². The topological polar surface area (TPSA) is 9.23 Å². The first-order chi connectivity index (χ1) is 1.91. The average Bonchev–Trinajstić information content (AvgIpc) is 1.37. The largest absolute Gasteiger partial charge is 0.555 e. The number of methoxy groups -OCH3 is 1. The van der Waals surface area contributed by atoms with Gasteiger partial charge in [0.25, 0.3) is 0 Å². The van der Waals surface area contributed by atoms with E-state index in [1.54, 1.807) is 13.7 Å². The van der Waals surface area contributed by atoms with E-state index in [1.165, 1.54) is 0 Å². The maximum Gasteiger partial charge on any atom is 0 e. The predicted molar refractivity (Wildman–Crippen MR) is 17.0 cm³/mol. The minimum Gasteiger partial charge on any atom is -0.555 e. The van der Waals surface area contributed by atoms with E-state index >= 15 is 0 Å². The molecule has 0 atom stereocenters. The molecule has 3 radical (unpaired) electrons. The molecule has 0 fully saturated rings. The van der Waals surface area contributed by atoms with Crippen molar-refractivity contribution in [1.29, 1.82) is 0 Å². The number of rotatable bonds is 1. The normalized spacial score (nSPS) is 4.29. The van der Waals surface area contributed by atoms with E-state index in [0.29, 0.717) is 0 Å². The van der Waals surface area contributed by atoms with Gasteiger partial charge in [-0.25, -0.2) is 6.61 Å². The third-order valence-corrected chi connectivity index (χ3v) is 0.236. The molecule has 1 nitrogen and oxygen atoms in total. The van der Waals surface area contributed by atoms with Crippen LogP contribution >= 0.6 is 0 Å². The Morgan fingerprint density at radius 1 is 1.14 bits per heavy atom. The van der Waals surface area contributed by atoms with Gasteiger partial charge in [0.05, 0.1) is 0 Å². The molecule has 0 heterocycles. The third-order valence-electron chi connectivity index (χ3n) is 0.236. The van der Waals surface area contributed by atoms with E-state index in [0.717, 1.165) is 0 Å². The first-order valence-corrected chi connectivity index (χ1v) is 1.22. The second-order valence-corrected chi connectivity index (χ2v) is 0.471. The summed E-state index contributed by atoms with van der Waals surface area (Å²) in [5.41, 5.74) is 0. The summed E-state index contributed by atoms with van der Waals surface area (Å²) in [5.74, 6) is 0. The van der Waals surface area contributed by atoms with Gasteiger partial charge in [-0.1, -0.05) is 0 Å². The Kier molecular flexibility index (Phi) is 73.2. The Hall–Kier alpha value is 3.27. The first-order valence-electron chi connectivity index (χ1n) is 1.22. The van der Waals surface area contributed by atoms with E-state index in [9.17, 15) is 0 Å². The monoisotopic (exact) mass is 326 g/mol. The van der Waals surface area contributed by atoms with Crippen molar-refractivity contribution in [3.05, 3.63) is 6.61 Å². The summed E-state index contributed by atoms with van der Waals surface area (Å²) < 4.78 is 4.42. The summed E-state index contributed by atoms with van der Waals surface area (Å²) in [6.07, 6.45) is 0. The molecule has 0 aliphatic heterocycles. The van der Waals surface area contributed by atoms with Crippen molar-refractivity contribution in [1.82, 2.24) is 0 Å². The Balaban J connectivity index is -0.0000000150. The molecule has 7 heavy (non-hydrogen) atoms. The van der Waals surface area contributed by atoms with Gasteiger partial charge in [0.1, 0.15) is 0 Å². The van der Waals surface area contributed by atoms with Crippen LogP contribution in [0, 0.1) is 6.61 Å². The number of ether oxygens (including phenoxy) is 1. The SMILES string of the molecule is C[CH-]OC.[Y].[Y].[Y]. The molecule has 0 N–H and O–H groups in total. The van der Waals surface area contributed by atoms with Gasteiger partial charge in [-0.15, -0.1) is 0 Å². The zero-order chi connectivity index (χ0) is 3.41. The molecule has 4 heteroatoms. The fourth-order valence-corrected chi connectivity index (χ4v) is 0. The minimum atomic E-state index is 0. The summed E-state index contributed by atoms with van der Waals surface area (Å²) in [6, 6.07) is 0. The predicted octanol–water partition coefficient (Wildman–Crippen LogP) is 0.807. The zero-order valence-electron chi connectivity index (χ0n) is 4.72. The molecule has 0 unspecified atom stereocenters. The molecule has 0 aromatic rings. The second-order valence-electron chi connectivity index (χ2n) is 0.471. The van der Waals surface area contributed by atoms with Gasteiger partial charge < -0.3 is 4.74 Å². The molecular formula is C3H7OY3-. The van der Waals surface area contributed by atoms with Crippen molar-refractivity contribution in [3.8, 4) is 0 Å². The fourth-order valence-electron chi connectivity index (χ4n) is 0. The Bertz CT molecular complexity index is 12.1. The summed E-state index contributed by atoms with van der Waals surface area (Å²) >= 11 is 0. The summed E-state index contributed by atoms with van der Waals surface area (Å²) in [4.78, 5) is 0. The van der Waals surface area contributed by atoms with Crippen LogP contribution in [-0.2, 0) is 103 Å². The average molecular weight is 326 g/mol. The molecule has 0 bridgehead atoms. The molecule has 0 rings (SSSR count). The van der Waals surface area contributed by atoms with Gasteiger partial charge in [0.15, 0.2) is 0 Å². The molecule has 0 aromatic heterocycles.